The lowest BCUT2D eigenvalue weighted by Gasteiger charge is -2.43. The molecule has 0 atom stereocenters. The summed E-state index contributed by atoms with van der Waals surface area (Å²) in [6.45, 7) is 9.93. The Kier molecular flexibility index (Phi) is 9.17. The van der Waals surface area contributed by atoms with Gasteiger partial charge in [-0.3, -0.25) is 9.80 Å². The molecule has 0 spiro atoms. The summed E-state index contributed by atoms with van der Waals surface area (Å²) in [5.41, 5.74) is 0. The van der Waals surface area contributed by atoms with Crippen molar-refractivity contribution in [2.45, 2.75) is 70.9 Å². The molecular weight excluding hydrogens is 296 g/mol. The molecule has 134 valence electrons. The van der Waals surface area contributed by atoms with Crippen LogP contribution in [0.5, 0.6) is 0 Å². The topological polar surface area (TPSA) is 81.1 Å². The Labute approximate surface area is 139 Å². The molecule has 1 aliphatic heterocycles. The van der Waals surface area contributed by atoms with Crippen LogP contribution in [0, 0.1) is 0 Å². The summed E-state index contributed by atoms with van der Waals surface area (Å²) >= 11 is 0. The number of piperazine rings is 1. The van der Waals surface area contributed by atoms with E-state index in [0.29, 0.717) is 0 Å². The lowest BCUT2D eigenvalue weighted by Crippen LogP contribution is -2.53. The van der Waals surface area contributed by atoms with Crippen molar-refractivity contribution in [1.29, 1.82) is 0 Å². The molecular formula is C17H32N2O4. The van der Waals surface area contributed by atoms with Gasteiger partial charge in [0.25, 0.3) is 0 Å². The highest BCUT2D eigenvalue weighted by atomic mass is 16.4. The molecule has 0 amide bonds. The van der Waals surface area contributed by atoms with Gasteiger partial charge >= 0.3 is 11.9 Å². The monoisotopic (exact) mass is 328 g/mol. The number of nitrogens with zero attached hydrogens (tertiary/aromatic N) is 2. The highest BCUT2D eigenvalue weighted by Gasteiger charge is 2.26. The number of hydrogen-bond donors (Lipinski definition) is 2. The van der Waals surface area contributed by atoms with E-state index in [9.17, 15) is 0 Å². The van der Waals surface area contributed by atoms with Gasteiger partial charge in [0, 0.05) is 38.3 Å². The first kappa shape index (κ1) is 19.9. The molecule has 1 saturated carbocycles. The highest BCUT2D eigenvalue weighted by Crippen LogP contribution is 2.24. The van der Waals surface area contributed by atoms with Crippen LogP contribution < -0.4 is 0 Å². The van der Waals surface area contributed by atoms with Gasteiger partial charge in [-0.05, 0) is 25.7 Å². The van der Waals surface area contributed by atoms with Crippen molar-refractivity contribution in [3.63, 3.8) is 0 Å². The fraction of sp³-hybridized carbons (Fsp3) is 0.882. The van der Waals surface area contributed by atoms with Crippen LogP contribution in [-0.4, -0.2) is 70.2 Å². The molecule has 0 aromatic rings. The van der Waals surface area contributed by atoms with Crippen LogP contribution in [0.15, 0.2) is 0 Å². The summed E-state index contributed by atoms with van der Waals surface area (Å²) in [6, 6.07) is 1.76. The third-order valence-electron chi connectivity index (χ3n) is 5.08. The quantitative estimate of drug-likeness (QED) is 0.771. The molecule has 2 N–H and O–H groups in total. The first-order valence-corrected chi connectivity index (χ1v) is 8.93. The van der Waals surface area contributed by atoms with Crippen molar-refractivity contribution in [1.82, 2.24) is 9.80 Å². The molecule has 6 heteroatoms. The van der Waals surface area contributed by atoms with Gasteiger partial charge in [-0.15, -0.1) is 0 Å². The fourth-order valence-electron chi connectivity index (χ4n) is 3.72. The first-order valence-electron chi connectivity index (χ1n) is 8.93. The van der Waals surface area contributed by atoms with Gasteiger partial charge in [0.15, 0.2) is 0 Å². The van der Waals surface area contributed by atoms with Gasteiger partial charge in [-0.1, -0.05) is 33.1 Å². The summed E-state index contributed by atoms with van der Waals surface area (Å²) in [4.78, 5) is 23.7. The molecule has 2 aliphatic rings. The highest BCUT2D eigenvalue weighted by molar-refractivity contribution is 6.27. The van der Waals surface area contributed by atoms with Gasteiger partial charge in [-0.25, -0.2) is 9.59 Å². The van der Waals surface area contributed by atoms with E-state index in [1.165, 1.54) is 71.1 Å². The predicted octanol–water partition coefficient (Wildman–Crippen LogP) is 2.28. The molecule has 6 nitrogen and oxygen atoms in total. The maximum atomic E-state index is 9.10. The maximum Gasteiger partial charge on any atom is 0.414 e. The molecule has 2 rings (SSSR count). The van der Waals surface area contributed by atoms with Crippen LogP contribution in [0.2, 0.25) is 0 Å². The number of hydrogen-bond acceptors (Lipinski definition) is 4. The number of rotatable bonds is 4. The van der Waals surface area contributed by atoms with Gasteiger partial charge in [0.1, 0.15) is 0 Å². The SMILES string of the molecule is CCC(CC)N1CCN(C2CCCCC2)CC1.O=C(O)C(=O)O. The van der Waals surface area contributed by atoms with E-state index in [4.69, 9.17) is 19.8 Å². The standard InChI is InChI=1S/C15H30N2.C2H2O4/c1-3-14(4-2)16-10-12-17(13-11-16)15-8-6-5-7-9-15;3-1(4)2(5)6/h14-15H,3-13H2,1-2H3;(H,3,4)(H,5,6). The summed E-state index contributed by atoms with van der Waals surface area (Å²) in [6.07, 6.45) is 9.98. The molecule has 0 unspecified atom stereocenters. The molecule has 0 radical (unpaired) electrons. The summed E-state index contributed by atoms with van der Waals surface area (Å²) in [5, 5.41) is 14.8. The van der Waals surface area contributed by atoms with Crippen molar-refractivity contribution in [2.24, 2.45) is 0 Å². The summed E-state index contributed by atoms with van der Waals surface area (Å²) < 4.78 is 0. The van der Waals surface area contributed by atoms with E-state index in [2.05, 4.69) is 23.6 Å². The Morgan fingerprint density at radius 2 is 1.39 bits per heavy atom. The lowest BCUT2D eigenvalue weighted by atomic mass is 9.93. The average molecular weight is 328 g/mol. The molecule has 0 aromatic carbocycles. The van der Waals surface area contributed by atoms with Crippen LogP contribution in [0.4, 0.5) is 0 Å². The summed E-state index contributed by atoms with van der Waals surface area (Å²) in [5.74, 6) is -3.65. The van der Waals surface area contributed by atoms with Crippen molar-refractivity contribution in [2.75, 3.05) is 26.2 Å². The second-order valence-electron chi connectivity index (χ2n) is 6.44. The summed E-state index contributed by atoms with van der Waals surface area (Å²) in [7, 11) is 0. The molecule has 1 heterocycles. The molecule has 1 saturated heterocycles. The van der Waals surface area contributed by atoms with E-state index >= 15 is 0 Å². The minimum atomic E-state index is -1.82. The van der Waals surface area contributed by atoms with E-state index in [0.717, 1.165) is 12.1 Å². The van der Waals surface area contributed by atoms with Gasteiger partial charge in [0.2, 0.25) is 0 Å². The normalized spacial score (nSPS) is 20.8. The van der Waals surface area contributed by atoms with E-state index in [-0.39, 0.29) is 0 Å². The second kappa shape index (κ2) is 10.6. The van der Waals surface area contributed by atoms with Gasteiger partial charge in [0.05, 0.1) is 0 Å². The minimum absolute atomic E-state index is 0.837. The van der Waals surface area contributed by atoms with Crippen LogP contribution in [0.1, 0.15) is 58.8 Å². The zero-order valence-electron chi connectivity index (χ0n) is 14.5. The Morgan fingerprint density at radius 3 is 1.78 bits per heavy atom. The Balaban J connectivity index is 0.000000379. The first-order chi connectivity index (χ1) is 11.0. The zero-order valence-corrected chi connectivity index (χ0v) is 14.5. The number of carbonyl (C=O) groups is 2. The third-order valence-corrected chi connectivity index (χ3v) is 5.08. The largest absolute Gasteiger partial charge is 0.473 e. The molecule has 1 aliphatic carbocycles. The Hall–Kier alpha value is -1.14. The van der Waals surface area contributed by atoms with E-state index < -0.39 is 11.9 Å². The Morgan fingerprint density at radius 1 is 0.913 bits per heavy atom. The molecule has 0 bridgehead atoms. The number of carboxylic acids is 2. The zero-order chi connectivity index (χ0) is 17.2. The van der Waals surface area contributed by atoms with Crippen LogP contribution in [0.3, 0.4) is 0 Å². The van der Waals surface area contributed by atoms with E-state index in [1.807, 2.05) is 0 Å². The maximum absolute atomic E-state index is 9.10. The second-order valence-corrected chi connectivity index (χ2v) is 6.44. The van der Waals surface area contributed by atoms with Crippen LogP contribution in [-0.2, 0) is 9.59 Å². The molecule has 2 fully saturated rings. The molecule has 23 heavy (non-hydrogen) atoms. The van der Waals surface area contributed by atoms with Crippen LogP contribution in [0.25, 0.3) is 0 Å². The third kappa shape index (κ3) is 6.87. The number of aliphatic carboxylic acids is 2. The Bertz CT molecular complexity index is 346. The molecule has 0 aromatic heterocycles. The van der Waals surface area contributed by atoms with Crippen molar-refractivity contribution >= 4 is 11.9 Å². The lowest BCUT2D eigenvalue weighted by molar-refractivity contribution is -0.159. The number of carboxylic acid groups (broad SMARTS) is 2. The van der Waals surface area contributed by atoms with Crippen molar-refractivity contribution in [3.05, 3.63) is 0 Å². The minimum Gasteiger partial charge on any atom is -0.473 e. The predicted molar refractivity (Wildman–Crippen MR) is 89.7 cm³/mol. The van der Waals surface area contributed by atoms with Crippen LogP contribution >= 0.6 is 0 Å². The van der Waals surface area contributed by atoms with Gasteiger partial charge < -0.3 is 10.2 Å². The van der Waals surface area contributed by atoms with Crippen molar-refractivity contribution in [3.8, 4) is 0 Å². The van der Waals surface area contributed by atoms with Gasteiger partial charge in [-0.2, -0.15) is 0 Å². The fourth-order valence-corrected chi connectivity index (χ4v) is 3.72. The smallest absolute Gasteiger partial charge is 0.414 e. The average Bonchev–Trinajstić information content (AvgIpc) is 2.58. The van der Waals surface area contributed by atoms with Crippen molar-refractivity contribution < 1.29 is 19.8 Å². The van der Waals surface area contributed by atoms with E-state index in [1.54, 1.807) is 0 Å².